The molecule has 5 heteroatoms. The molecule has 0 saturated heterocycles. The van der Waals surface area contributed by atoms with Crippen molar-refractivity contribution in [3.8, 4) is 5.75 Å². The van der Waals surface area contributed by atoms with Crippen LogP contribution in [0.1, 0.15) is 18.9 Å². The number of nitrogens with one attached hydrogen (secondary N) is 1. The number of carbonyl (C=O) groups excluding carboxylic acids is 1. The highest BCUT2D eigenvalue weighted by Gasteiger charge is 2.12. The Morgan fingerprint density at radius 1 is 1.59 bits per heavy atom. The third-order valence-corrected chi connectivity index (χ3v) is 2.44. The Morgan fingerprint density at radius 2 is 2.24 bits per heavy atom. The molecule has 1 rings (SSSR count). The number of rotatable bonds is 4. The van der Waals surface area contributed by atoms with E-state index in [2.05, 4.69) is 5.32 Å². The van der Waals surface area contributed by atoms with Gasteiger partial charge < -0.3 is 15.8 Å². The van der Waals surface area contributed by atoms with Crippen LogP contribution in [0.4, 0.5) is 5.69 Å². The van der Waals surface area contributed by atoms with Gasteiger partial charge in [-0.2, -0.15) is 0 Å². The van der Waals surface area contributed by atoms with Crippen LogP contribution in [0.2, 0.25) is 5.02 Å². The maximum absolute atomic E-state index is 11.6. The van der Waals surface area contributed by atoms with E-state index in [9.17, 15) is 4.79 Å². The predicted octanol–water partition coefficient (Wildman–Crippen LogP) is 2.33. The number of hydrogen-bond acceptors (Lipinski definition) is 3. The van der Waals surface area contributed by atoms with Gasteiger partial charge in [0.05, 0.1) is 12.8 Å². The Kier molecular flexibility index (Phi) is 4.78. The lowest BCUT2D eigenvalue weighted by atomic mass is 10.1. The molecule has 1 aromatic rings. The Hall–Kier alpha value is -1.26. The van der Waals surface area contributed by atoms with Crippen LogP contribution >= 0.6 is 11.6 Å². The first kappa shape index (κ1) is 13.8. The van der Waals surface area contributed by atoms with E-state index >= 15 is 0 Å². The Balaban J connectivity index is 2.93. The molecule has 0 saturated carbocycles. The summed E-state index contributed by atoms with van der Waals surface area (Å²) in [6, 6.07) is 3.26. The summed E-state index contributed by atoms with van der Waals surface area (Å²) in [5.41, 5.74) is 7.00. The number of ether oxygens (including phenoxy) is 1. The van der Waals surface area contributed by atoms with Crippen molar-refractivity contribution in [2.45, 2.75) is 26.3 Å². The van der Waals surface area contributed by atoms with E-state index in [1.165, 1.54) is 0 Å². The van der Waals surface area contributed by atoms with Gasteiger partial charge >= 0.3 is 0 Å². The number of hydrogen-bond donors (Lipinski definition) is 2. The molecule has 0 aliphatic heterocycles. The molecule has 94 valence electrons. The molecule has 0 aromatic heterocycles. The van der Waals surface area contributed by atoms with Crippen molar-refractivity contribution in [2.24, 2.45) is 5.73 Å². The molecule has 0 aliphatic carbocycles. The lowest BCUT2D eigenvalue weighted by Crippen LogP contribution is -2.24. The molecule has 17 heavy (non-hydrogen) atoms. The molecule has 1 aromatic carbocycles. The van der Waals surface area contributed by atoms with Crippen molar-refractivity contribution in [2.75, 3.05) is 12.4 Å². The second-order valence-corrected chi connectivity index (χ2v) is 4.47. The average molecular weight is 257 g/mol. The topological polar surface area (TPSA) is 64.3 Å². The highest BCUT2D eigenvalue weighted by molar-refractivity contribution is 6.31. The van der Waals surface area contributed by atoms with Gasteiger partial charge in [0.25, 0.3) is 0 Å². The van der Waals surface area contributed by atoms with Gasteiger partial charge in [0, 0.05) is 17.5 Å². The molecular formula is C12H17ClN2O2. The van der Waals surface area contributed by atoms with E-state index in [0.29, 0.717) is 16.5 Å². The second-order valence-electron chi connectivity index (χ2n) is 4.03. The number of amides is 1. The van der Waals surface area contributed by atoms with Crippen molar-refractivity contribution in [3.63, 3.8) is 0 Å². The monoisotopic (exact) mass is 256 g/mol. The third kappa shape index (κ3) is 3.91. The van der Waals surface area contributed by atoms with E-state index in [-0.39, 0.29) is 18.4 Å². The zero-order valence-electron chi connectivity index (χ0n) is 10.2. The number of nitrogens with two attached hydrogens (primary N) is 1. The smallest absolute Gasteiger partial charge is 0.226 e. The molecule has 1 amide bonds. The van der Waals surface area contributed by atoms with Crippen LogP contribution in [0.25, 0.3) is 0 Å². The maximum Gasteiger partial charge on any atom is 0.226 e. The summed E-state index contributed by atoms with van der Waals surface area (Å²) < 4.78 is 5.23. The molecule has 0 spiro atoms. The van der Waals surface area contributed by atoms with Crippen molar-refractivity contribution in [1.82, 2.24) is 0 Å². The first-order valence-electron chi connectivity index (χ1n) is 5.33. The maximum atomic E-state index is 11.6. The van der Waals surface area contributed by atoms with E-state index in [1.54, 1.807) is 26.2 Å². The number of halogens is 1. The van der Waals surface area contributed by atoms with Gasteiger partial charge in [0.2, 0.25) is 5.91 Å². The van der Waals surface area contributed by atoms with Crippen LogP contribution in [0, 0.1) is 6.92 Å². The molecule has 0 fully saturated rings. The molecule has 1 unspecified atom stereocenters. The molecule has 0 bridgehead atoms. The van der Waals surface area contributed by atoms with Crippen LogP contribution in [0.5, 0.6) is 5.75 Å². The minimum absolute atomic E-state index is 0.153. The summed E-state index contributed by atoms with van der Waals surface area (Å²) in [5.74, 6) is 0.465. The highest BCUT2D eigenvalue weighted by Crippen LogP contribution is 2.32. The molecular weight excluding hydrogens is 240 g/mol. The van der Waals surface area contributed by atoms with Crippen molar-refractivity contribution >= 4 is 23.2 Å². The summed E-state index contributed by atoms with van der Waals surface area (Å²) in [6.07, 6.45) is 0.259. The van der Waals surface area contributed by atoms with Crippen LogP contribution in [-0.4, -0.2) is 19.1 Å². The lowest BCUT2D eigenvalue weighted by Gasteiger charge is -2.13. The number of methoxy groups -OCH3 is 1. The quantitative estimate of drug-likeness (QED) is 0.869. The fraction of sp³-hybridized carbons (Fsp3) is 0.417. The van der Waals surface area contributed by atoms with Crippen molar-refractivity contribution < 1.29 is 9.53 Å². The SMILES string of the molecule is COc1c(C)cc(Cl)cc1NC(=O)CC(C)N. The van der Waals surface area contributed by atoms with Gasteiger partial charge in [-0.05, 0) is 31.5 Å². The Morgan fingerprint density at radius 3 is 2.76 bits per heavy atom. The number of benzene rings is 1. The predicted molar refractivity (Wildman–Crippen MR) is 69.6 cm³/mol. The van der Waals surface area contributed by atoms with Crippen LogP contribution in [0.15, 0.2) is 12.1 Å². The van der Waals surface area contributed by atoms with Crippen LogP contribution in [-0.2, 0) is 4.79 Å². The summed E-state index contributed by atoms with van der Waals surface area (Å²) >= 11 is 5.94. The third-order valence-electron chi connectivity index (χ3n) is 2.22. The summed E-state index contributed by atoms with van der Waals surface area (Å²) in [6.45, 7) is 3.64. The molecule has 0 aliphatic rings. The second kappa shape index (κ2) is 5.89. The Bertz CT molecular complexity index is 419. The minimum Gasteiger partial charge on any atom is -0.494 e. The standard InChI is InChI=1S/C12H17ClN2O2/c1-7-4-9(13)6-10(12(7)17-3)15-11(16)5-8(2)14/h4,6,8H,5,14H2,1-3H3,(H,15,16). The first-order chi connectivity index (χ1) is 7.93. The van der Waals surface area contributed by atoms with Gasteiger partial charge in [-0.15, -0.1) is 0 Å². The first-order valence-corrected chi connectivity index (χ1v) is 5.71. The fourth-order valence-corrected chi connectivity index (χ4v) is 1.86. The number of anilines is 1. The van der Waals surface area contributed by atoms with E-state index < -0.39 is 0 Å². The molecule has 0 radical (unpaired) electrons. The van der Waals surface area contributed by atoms with Gasteiger partial charge in [-0.25, -0.2) is 0 Å². The van der Waals surface area contributed by atoms with Crippen LogP contribution < -0.4 is 15.8 Å². The molecule has 1 atom stereocenters. The van der Waals surface area contributed by atoms with E-state index in [0.717, 1.165) is 5.56 Å². The normalized spacial score (nSPS) is 12.1. The molecule has 4 nitrogen and oxygen atoms in total. The van der Waals surface area contributed by atoms with Gasteiger partial charge in [-0.3, -0.25) is 4.79 Å². The molecule has 3 N–H and O–H groups in total. The van der Waals surface area contributed by atoms with Gasteiger partial charge in [0.1, 0.15) is 5.75 Å². The van der Waals surface area contributed by atoms with Gasteiger partial charge in [0.15, 0.2) is 0 Å². The zero-order valence-corrected chi connectivity index (χ0v) is 11.0. The zero-order chi connectivity index (χ0) is 13.0. The van der Waals surface area contributed by atoms with Crippen molar-refractivity contribution in [3.05, 3.63) is 22.7 Å². The fourth-order valence-electron chi connectivity index (χ4n) is 1.59. The van der Waals surface area contributed by atoms with E-state index in [1.807, 2.05) is 6.92 Å². The van der Waals surface area contributed by atoms with Crippen LogP contribution in [0.3, 0.4) is 0 Å². The summed E-state index contributed by atoms with van der Waals surface area (Å²) in [7, 11) is 1.55. The van der Waals surface area contributed by atoms with Gasteiger partial charge in [-0.1, -0.05) is 11.6 Å². The minimum atomic E-state index is -0.179. The highest BCUT2D eigenvalue weighted by atomic mass is 35.5. The summed E-state index contributed by atoms with van der Waals surface area (Å²) in [5, 5.41) is 3.30. The number of aryl methyl sites for hydroxylation is 1. The summed E-state index contributed by atoms with van der Waals surface area (Å²) in [4.78, 5) is 11.6. The molecule has 0 heterocycles. The van der Waals surface area contributed by atoms with E-state index in [4.69, 9.17) is 22.1 Å². The average Bonchev–Trinajstić information content (AvgIpc) is 2.15. The Labute approximate surface area is 106 Å². The lowest BCUT2D eigenvalue weighted by molar-refractivity contribution is -0.116. The van der Waals surface area contributed by atoms with Crippen molar-refractivity contribution in [1.29, 1.82) is 0 Å². The largest absolute Gasteiger partial charge is 0.494 e. The number of carbonyl (C=O) groups is 1.